The number of nitrogens with zero attached hydrogens (tertiary/aromatic N) is 1. The summed E-state index contributed by atoms with van der Waals surface area (Å²) in [4.78, 5) is 0. The van der Waals surface area contributed by atoms with Crippen LogP contribution in [0, 0.1) is 5.92 Å². The van der Waals surface area contributed by atoms with Gasteiger partial charge in [-0.05, 0) is 24.1 Å². The second-order valence-corrected chi connectivity index (χ2v) is 3.99. The minimum absolute atomic E-state index is 0.499. The van der Waals surface area contributed by atoms with E-state index in [0.717, 1.165) is 32.7 Å². The average Bonchev–Trinajstić information content (AvgIpc) is 2.01. The lowest BCUT2D eigenvalue weighted by atomic mass is 10.1. The third-order valence-electron chi connectivity index (χ3n) is 2.35. The lowest BCUT2D eigenvalue weighted by Crippen LogP contribution is -2.38. The monoisotopic (exact) mass is 199 g/mol. The van der Waals surface area contributed by atoms with Crippen LogP contribution < -0.4 is 11.2 Å². The Morgan fingerprint density at radius 2 is 2.43 bits per heavy atom. The van der Waals surface area contributed by atoms with Crippen LogP contribution in [0.4, 0.5) is 0 Å². The van der Waals surface area contributed by atoms with E-state index in [9.17, 15) is 0 Å². The first-order valence-electron chi connectivity index (χ1n) is 5.12. The largest absolute Gasteiger partial charge is 0.387 e. The topological polar surface area (TPSA) is 50.5 Å². The highest BCUT2D eigenvalue weighted by molar-refractivity contribution is 5.12. The lowest BCUT2D eigenvalue weighted by Gasteiger charge is -2.23. The summed E-state index contributed by atoms with van der Waals surface area (Å²) in [6, 6.07) is 0. The van der Waals surface area contributed by atoms with Crippen LogP contribution in [0.5, 0.6) is 0 Å². The highest BCUT2D eigenvalue weighted by Gasteiger charge is 2.09. The summed E-state index contributed by atoms with van der Waals surface area (Å²) in [6.07, 6.45) is 3.13. The van der Waals surface area contributed by atoms with E-state index >= 15 is 0 Å². The van der Waals surface area contributed by atoms with Gasteiger partial charge in [-0.25, -0.2) is 5.01 Å². The zero-order valence-corrected chi connectivity index (χ0v) is 9.12. The molecule has 0 fully saturated rings. The highest BCUT2D eigenvalue weighted by Crippen LogP contribution is 2.06. The first-order chi connectivity index (χ1) is 6.72. The zero-order valence-electron chi connectivity index (χ0n) is 9.12. The average molecular weight is 199 g/mol. The molecule has 0 spiro atoms. The van der Waals surface area contributed by atoms with Crippen LogP contribution in [0.2, 0.25) is 0 Å². The lowest BCUT2D eigenvalue weighted by molar-refractivity contribution is 0.129. The molecule has 1 rings (SSSR count). The molecule has 0 bridgehead atoms. The molecular weight excluding hydrogens is 178 g/mol. The second-order valence-electron chi connectivity index (χ2n) is 3.99. The molecule has 82 valence electrons. The maximum absolute atomic E-state index is 5.86. The molecule has 0 aromatic heterocycles. The summed E-state index contributed by atoms with van der Waals surface area (Å²) in [5.74, 6) is 6.36. The van der Waals surface area contributed by atoms with Gasteiger partial charge in [0, 0.05) is 26.7 Å². The Hall–Kier alpha value is -0.580. The van der Waals surface area contributed by atoms with Crippen LogP contribution in [-0.2, 0) is 4.74 Å². The Morgan fingerprint density at radius 1 is 1.71 bits per heavy atom. The zero-order chi connectivity index (χ0) is 10.4. The quantitative estimate of drug-likeness (QED) is 0.458. The fraction of sp³-hybridized carbons (Fsp3) is 0.800. The maximum atomic E-state index is 5.86. The van der Waals surface area contributed by atoms with Crippen LogP contribution in [0.15, 0.2) is 11.8 Å². The number of rotatable bonds is 7. The van der Waals surface area contributed by atoms with Gasteiger partial charge in [0.05, 0.1) is 6.61 Å². The standard InChI is InChI=1S/C10H21N3O/c1-9(8-14-2)7-13(11)4-3-10-5-12-6-10/h5,9,12H,3-4,6-8,11H2,1-2H3. The van der Waals surface area contributed by atoms with E-state index in [4.69, 9.17) is 10.6 Å². The van der Waals surface area contributed by atoms with E-state index in [2.05, 4.69) is 18.4 Å². The van der Waals surface area contributed by atoms with Gasteiger partial charge in [-0.1, -0.05) is 6.92 Å². The van der Waals surface area contributed by atoms with Crippen molar-refractivity contribution in [1.82, 2.24) is 10.3 Å². The Labute approximate surface area is 86.1 Å². The molecule has 0 amide bonds. The van der Waals surface area contributed by atoms with Crippen molar-refractivity contribution in [3.8, 4) is 0 Å². The smallest absolute Gasteiger partial charge is 0.0500 e. The van der Waals surface area contributed by atoms with Crippen LogP contribution in [0.25, 0.3) is 0 Å². The third-order valence-corrected chi connectivity index (χ3v) is 2.35. The first kappa shape index (κ1) is 11.5. The number of hydrazine groups is 1. The number of nitrogens with one attached hydrogen (secondary N) is 1. The van der Waals surface area contributed by atoms with E-state index in [1.807, 2.05) is 5.01 Å². The normalized spacial score (nSPS) is 17.3. The SMILES string of the molecule is COCC(C)CN(N)CCC1=CNC1. The van der Waals surface area contributed by atoms with Gasteiger partial charge in [0.25, 0.3) is 0 Å². The summed E-state index contributed by atoms with van der Waals surface area (Å²) in [6.45, 7) is 5.78. The number of hydrogen-bond acceptors (Lipinski definition) is 4. The van der Waals surface area contributed by atoms with Crippen molar-refractivity contribution >= 4 is 0 Å². The van der Waals surface area contributed by atoms with E-state index in [0.29, 0.717) is 5.92 Å². The molecule has 0 saturated carbocycles. The maximum Gasteiger partial charge on any atom is 0.0500 e. The predicted molar refractivity (Wildman–Crippen MR) is 57.5 cm³/mol. The van der Waals surface area contributed by atoms with Crippen LogP contribution in [0.3, 0.4) is 0 Å². The van der Waals surface area contributed by atoms with Crippen LogP contribution >= 0.6 is 0 Å². The van der Waals surface area contributed by atoms with Gasteiger partial charge in [-0.2, -0.15) is 0 Å². The molecule has 1 heterocycles. The molecule has 0 aliphatic carbocycles. The van der Waals surface area contributed by atoms with E-state index in [1.54, 1.807) is 7.11 Å². The summed E-state index contributed by atoms with van der Waals surface area (Å²) in [5.41, 5.74) is 1.46. The predicted octanol–water partition coefficient (Wildman–Crippen LogP) is 0.322. The van der Waals surface area contributed by atoms with Gasteiger partial charge < -0.3 is 10.1 Å². The molecule has 0 aromatic carbocycles. The summed E-state index contributed by atoms with van der Waals surface area (Å²) in [5, 5.41) is 4.98. The van der Waals surface area contributed by atoms with Gasteiger partial charge in [0.2, 0.25) is 0 Å². The highest BCUT2D eigenvalue weighted by atomic mass is 16.5. The van der Waals surface area contributed by atoms with Gasteiger partial charge in [-0.15, -0.1) is 0 Å². The van der Waals surface area contributed by atoms with E-state index in [1.165, 1.54) is 5.57 Å². The van der Waals surface area contributed by atoms with Crippen molar-refractivity contribution in [1.29, 1.82) is 0 Å². The molecule has 1 atom stereocenters. The van der Waals surface area contributed by atoms with Crippen molar-refractivity contribution in [2.24, 2.45) is 11.8 Å². The Bertz CT molecular complexity index is 194. The van der Waals surface area contributed by atoms with Crippen LogP contribution in [-0.4, -0.2) is 38.4 Å². The minimum atomic E-state index is 0.499. The summed E-state index contributed by atoms with van der Waals surface area (Å²) >= 11 is 0. The van der Waals surface area contributed by atoms with Crippen LogP contribution in [0.1, 0.15) is 13.3 Å². The molecule has 1 aliphatic rings. The Morgan fingerprint density at radius 3 is 2.93 bits per heavy atom. The van der Waals surface area contributed by atoms with Crippen molar-refractivity contribution in [3.63, 3.8) is 0 Å². The molecule has 0 saturated heterocycles. The number of ether oxygens (including phenoxy) is 1. The number of hydrogen-bond donors (Lipinski definition) is 2. The van der Waals surface area contributed by atoms with E-state index < -0.39 is 0 Å². The first-order valence-corrected chi connectivity index (χ1v) is 5.12. The third kappa shape index (κ3) is 4.09. The van der Waals surface area contributed by atoms with Gasteiger partial charge in [0.1, 0.15) is 0 Å². The molecule has 4 nitrogen and oxygen atoms in total. The second kappa shape index (κ2) is 6.01. The molecular formula is C10H21N3O. The van der Waals surface area contributed by atoms with Crippen molar-refractivity contribution in [2.45, 2.75) is 13.3 Å². The molecule has 4 heteroatoms. The number of methoxy groups -OCH3 is 1. The Balaban J connectivity index is 2.05. The fourth-order valence-corrected chi connectivity index (χ4v) is 1.52. The van der Waals surface area contributed by atoms with Crippen molar-refractivity contribution in [3.05, 3.63) is 11.8 Å². The number of nitrogens with two attached hydrogens (primary N) is 1. The van der Waals surface area contributed by atoms with E-state index in [-0.39, 0.29) is 0 Å². The molecule has 3 N–H and O–H groups in total. The fourth-order valence-electron chi connectivity index (χ4n) is 1.52. The molecule has 0 aromatic rings. The van der Waals surface area contributed by atoms with Gasteiger partial charge in [0.15, 0.2) is 0 Å². The van der Waals surface area contributed by atoms with Crippen molar-refractivity contribution in [2.75, 3.05) is 33.4 Å². The molecule has 1 aliphatic heterocycles. The minimum Gasteiger partial charge on any atom is -0.387 e. The van der Waals surface area contributed by atoms with Gasteiger partial charge >= 0.3 is 0 Å². The van der Waals surface area contributed by atoms with Gasteiger partial charge in [-0.3, -0.25) is 5.84 Å². The van der Waals surface area contributed by atoms with Crippen molar-refractivity contribution < 1.29 is 4.74 Å². The Kier molecular flexibility index (Phi) is 4.93. The molecule has 14 heavy (non-hydrogen) atoms. The summed E-state index contributed by atoms with van der Waals surface area (Å²) in [7, 11) is 1.72. The molecule has 1 unspecified atom stereocenters. The molecule has 0 radical (unpaired) electrons. The summed E-state index contributed by atoms with van der Waals surface area (Å²) < 4.78 is 5.06.